The highest BCUT2D eigenvalue weighted by molar-refractivity contribution is 5.91. The highest BCUT2D eigenvalue weighted by Crippen LogP contribution is 2.22. The van der Waals surface area contributed by atoms with Crippen molar-refractivity contribution in [2.75, 3.05) is 0 Å². The summed E-state index contributed by atoms with van der Waals surface area (Å²) >= 11 is 0. The second-order valence-corrected chi connectivity index (χ2v) is 4.38. The lowest BCUT2D eigenvalue weighted by Crippen LogP contribution is -1.99. The monoisotopic (exact) mass is 257 g/mol. The molecule has 0 radical (unpaired) electrons. The normalized spacial score (nSPS) is 11.1. The number of rotatable bonds is 3. The van der Waals surface area contributed by atoms with E-state index in [0.717, 1.165) is 17.1 Å². The molecule has 4 nitrogen and oxygen atoms in total. The lowest BCUT2D eigenvalue weighted by molar-refractivity contribution is 0.0696. The van der Waals surface area contributed by atoms with Crippen molar-refractivity contribution in [1.82, 2.24) is 0 Å². The third-order valence-electron chi connectivity index (χ3n) is 2.96. The van der Waals surface area contributed by atoms with Gasteiger partial charge < -0.3 is 9.52 Å². The summed E-state index contributed by atoms with van der Waals surface area (Å²) < 4.78 is 5.41. The van der Waals surface area contributed by atoms with Crippen molar-refractivity contribution in [2.24, 2.45) is 4.99 Å². The molecule has 0 unspecified atom stereocenters. The maximum absolute atomic E-state index is 11.0. The number of aliphatic imine (C=N–C) groups is 1. The van der Waals surface area contributed by atoms with Gasteiger partial charge in [0.05, 0.1) is 11.3 Å². The molecule has 0 aliphatic rings. The van der Waals surface area contributed by atoms with Gasteiger partial charge in [0.2, 0.25) is 0 Å². The zero-order valence-corrected chi connectivity index (χ0v) is 11.1. The molecule has 1 heterocycles. The Morgan fingerprint density at radius 2 is 2.05 bits per heavy atom. The fraction of sp³-hybridized carbons (Fsp3) is 0.200. The molecular formula is C15H15NO3. The van der Waals surface area contributed by atoms with Gasteiger partial charge in [0.15, 0.2) is 0 Å². The molecule has 2 aromatic rings. The van der Waals surface area contributed by atoms with Crippen LogP contribution in [0.4, 0.5) is 5.69 Å². The number of carbonyl (C=O) groups is 1. The first-order chi connectivity index (χ1) is 8.99. The average Bonchev–Trinajstić information content (AvgIpc) is 2.66. The number of hydrogen-bond donors (Lipinski definition) is 1. The van der Waals surface area contributed by atoms with Gasteiger partial charge >= 0.3 is 5.97 Å². The zero-order valence-electron chi connectivity index (χ0n) is 11.1. The molecule has 4 heteroatoms. The van der Waals surface area contributed by atoms with Crippen molar-refractivity contribution in [1.29, 1.82) is 0 Å². The van der Waals surface area contributed by atoms with Crippen LogP contribution in [0, 0.1) is 20.8 Å². The number of carboxylic acid groups (broad SMARTS) is 1. The number of aryl methyl sites for hydroxylation is 2. The Balaban J connectivity index is 2.36. The summed E-state index contributed by atoms with van der Waals surface area (Å²) in [6.45, 7) is 5.50. The molecule has 19 heavy (non-hydrogen) atoms. The standard InChI is InChI=1S/C15H15NO3/c1-9-7-12(11(3)19-9)8-16-14-6-4-5-13(10(14)2)15(17)18/h4-8H,1-3H3,(H,17,18). The first-order valence-electron chi connectivity index (χ1n) is 5.93. The van der Waals surface area contributed by atoms with Crippen LogP contribution in [-0.2, 0) is 0 Å². The number of aromatic carboxylic acids is 1. The topological polar surface area (TPSA) is 62.8 Å². The number of benzene rings is 1. The molecular weight excluding hydrogens is 242 g/mol. The molecule has 0 spiro atoms. The van der Waals surface area contributed by atoms with Crippen LogP contribution in [0.15, 0.2) is 33.7 Å². The van der Waals surface area contributed by atoms with E-state index in [1.54, 1.807) is 31.3 Å². The van der Waals surface area contributed by atoms with Crippen LogP contribution in [0.25, 0.3) is 0 Å². The molecule has 0 saturated carbocycles. The fourth-order valence-corrected chi connectivity index (χ4v) is 1.91. The Kier molecular flexibility index (Phi) is 3.51. The van der Waals surface area contributed by atoms with Gasteiger partial charge in [-0.3, -0.25) is 4.99 Å². The van der Waals surface area contributed by atoms with Gasteiger partial charge in [-0.25, -0.2) is 4.79 Å². The summed E-state index contributed by atoms with van der Waals surface area (Å²) in [6.07, 6.45) is 1.69. The van der Waals surface area contributed by atoms with Crippen LogP contribution in [0.2, 0.25) is 0 Å². The molecule has 0 saturated heterocycles. The molecule has 0 fully saturated rings. The lowest BCUT2D eigenvalue weighted by atomic mass is 10.1. The van der Waals surface area contributed by atoms with Crippen molar-refractivity contribution < 1.29 is 14.3 Å². The zero-order chi connectivity index (χ0) is 14.0. The van der Waals surface area contributed by atoms with Gasteiger partial charge in [0.1, 0.15) is 11.5 Å². The minimum Gasteiger partial charge on any atom is -0.478 e. The Bertz CT molecular complexity index is 653. The number of furan rings is 1. The molecule has 2 rings (SSSR count). The number of hydrogen-bond acceptors (Lipinski definition) is 3. The quantitative estimate of drug-likeness (QED) is 0.853. The van der Waals surface area contributed by atoms with Gasteiger partial charge in [-0.2, -0.15) is 0 Å². The van der Waals surface area contributed by atoms with Crippen molar-refractivity contribution in [3.05, 3.63) is 52.5 Å². The van der Waals surface area contributed by atoms with Crippen LogP contribution in [-0.4, -0.2) is 17.3 Å². The molecule has 0 atom stereocenters. The highest BCUT2D eigenvalue weighted by atomic mass is 16.4. The molecule has 98 valence electrons. The maximum atomic E-state index is 11.0. The smallest absolute Gasteiger partial charge is 0.336 e. The van der Waals surface area contributed by atoms with Gasteiger partial charge in [-0.1, -0.05) is 6.07 Å². The Hall–Kier alpha value is -2.36. The van der Waals surface area contributed by atoms with E-state index in [1.165, 1.54) is 0 Å². The van der Waals surface area contributed by atoms with Crippen molar-refractivity contribution in [3.63, 3.8) is 0 Å². The predicted molar refractivity (Wildman–Crippen MR) is 73.6 cm³/mol. The molecule has 0 bridgehead atoms. The van der Waals surface area contributed by atoms with E-state index in [0.29, 0.717) is 11.3 Å². The SMILES string of the molecule is Cc1cc(C=Nc2cccc(C(=O)O)c2C)c(C)o1. The Morgan fingerprint density at radius 3 is 2.63 bits per heavy atom. The van der Waals surface area contributed by atoms with E-state index in [4.69, 9.17) is 9.52 Å². The summed E-state index contributed by atoms with van der Waals surface area (Å²) in [5, 5.41) is 9.06. The minimum atomic E-state index is -0.940. The third-order valence-corrected chi connectivity index (χ3v) is 2.96. The first-order valence-corrected chi connectivity index (χ1v) is 5.93. The van der Waals surface area contributed by atoms with Crippen LogP contribution in [0.3, 0.4) is 0 Å². The predicted octanol–water partition coefficient (Wildman–Crippen LogP) is 3.65. The summed E-state index contributed by atoms with van der Waals surface area (Å²) in [5.74, 6) is 0.688. The fourth-order valence-electron chi connectivity index (χ4n) is 1.91. The first kappa shape index (κ1) is 13.1. The summed E-state index contributed by atoms with van der Waals surface area (Å²) in [4.78, 5) is 15.4. The van der Waals surface area contributed by atoms with Gasteiger partial charge in [-0.05, 0) is 44.5 Å². The van der Waals surface area contributed by atoms with E-state index in [2.05, 4.69) is 4.99 Å². The second-order valence-electron chi connectivity index (χ2n) is 4.38. The largest absolute Gasteiger partial charge is 0.478 e. The number of carboxylic acids is 1. The van der Waals surface area contributed by atoms with Crippen molar-refractivity contribution in [3.8, 4) is 0 Å². The summed E-state index contributed by atoms with van der Waals surface area (Å²) in [7, 11) is 0. The molecule has 0 amide bonds. The van der Waals surface area contributed by atoms with Crippen molar-refractivity contribution in [2.45, 2.75) is 20.8 Å². The summed E-state index contributed by atoms with van der Waals surface area (Å²) in [5.41, 5.74) is 2.48. The minimum absolute atomic E-state index is 0.273. The maximum Gasteiger partial charge on any atom is 0.336 e. The van der Waals surface area contributed by atoms with Crippen LogP contribution in [0.1, 0.15) is 33.0 Å². The Labute approximate surface area is 111 Å². The second kappa shape index (κ2) is 5.10. The van der Waals surface area contributed by atoms with Gasteiger partial charge in [0.25, 0.3) is 0 Å². The van der Waals surface area contributed by atoms with Crippen LogP contribution in [0.5, 0.6) is 0 Å². The number of nitrogens with zero attached hydrogens (tertiary/aromatic N) is 1. The van der Waals surface area contributed by atoms with E-state index in [9.17, 15) is 4.79 Å². The molecule has 1 aromatic carbocycles. The van der Waals surface area contributed by atoms with Gasteiger partial charge in [0, 0.05) is 11.8 Å². The van der Waals surface area contributed by atoms with Crippen molar-refractivity contribution >= 4 is 17.9 Å². The third kappa shape index (κ3) is 2.73. The molecule has 0 aliphatic heterocycles. The average molecular weight is 257 g/mol. The Morgan fingerprint density at radius 1 is 1.32 bits per heavy atom. The van der Waals surface area contributed by atoms with Crippen LogP contribution < -0.4 is 0 Å². The molecule has 1 N–H and O–H groups in total. The van der Waals surface area contributed by atoms with Crippen LogP contribution >= 0.6 is 0 Å². The summed E-state index contributed by atoms with van der Waals surface area (Å²) in [6, 6.07) is 6.95. The molecule has 0 aliphatic carbocycles. The van der Waals surface area contributed by atoms with E-state index >= 15 is 0 Å². The highest BCUT2D eigenvalue weighted by Gasteiger charge is 2.09. The van der Waals surface area contributed by atoms with E-state index in [1.807, 2.05) is 19.9 Å². The van der Waals surface area contributed by atoms with E-state index < -0.39 is 5.97 Å². The molecule has 1 aromatic heterocycles. The van der Waals surface area contributed by atoms with Gasteiger partial charge in [-0.15, -0.1) is 0 Å². The lowest BCUT2D eigenvalue weighted by Gasteiger charge is -2.03. The van der Waals surface area contributed by atoms with E-state index in [-0.39, 0.29) is 5.56 Å².